The predicted molar refractivity (Wildman–Crippen MR) is 98.5 cm³/mol. The first-order chi connectivity index (χ1) is 12.4. The standard InChI is InChI=1S/C19H24N4O3/c1-11-12(2)21-13(3)22-19(11)23-16-10-25-9-8-17(16)26-15-6-4-14(5-7-15)18(20)24/h4-7,16-17H,8-10H2,1-3H3,(H2,20,24)(H,21,22,23)/t16-,17-/m1/s1. The molecule has 1 aliphatic rings. The number of rotatable bonds is 5. The van der Waals surface area contributed by atoms with E-state index in [2.05, 4.69) is 15.3 Å². The Bertz CT molecular complexity index is 792. The minimum absolute atomic E-state index is 0.0352. The van der Waals surface area contributed by atoms with E-state index in [-0.39, 0.29) is 12.1 Å². The summed E-state index contributed by atoms with van der Waals surface area (Å²) >= 11 is 0. The molecule has 0 radical (unpaired) electrons. The second-order valence-corrected chi connectivity index (χ2v) is 6.49. The maximum Gasteiger partial charge on any atom is 0.248 e. The van der Waals surface area contributed by atoms with Crippen LogP contribution in [0, 0.1) is 20.8 Å². The third-order valence-corrected chi connectivity index (χ3v) is 4.54. The SMILES string of the molecule is Cc1nc(C)c(C)c(N[C@@H]2COCC[C@H]2Oc2ccc(C(N)=O)cc2)n1. The fourth-order valence-corrected chi connectivity index (χ4v) is 2.95. The van der Waals surface area contributed by atoms with Crippen LogP contribution in [0.15, 0.2) is 24.3 Å². The second kappa shape index (κ2) is 7.70. The van der Waals surface area contributed by atoms with Crippen LogP contribution in [0.3, 0.4) is 0 Å². The first kappa shape index (κ1) is 18.1. The van der Waals surface area contributed by atoms with Gasteiger partial charge in [-0.3, -0.25) is 4.79 Å². The molecule has 7 heteroatoms. The summed E-state index contributed by atoms with van der Waals surface area (Å²) in [5, 5.41) is 3.46. The van der Waals surface area contributed by atoms with E-state index < -0.39 is 5.91 Å². The van der Waals surface area contributed by atoms with Crippen LogP contribution >= 0.6 is 0 Å². The third kappa shape index (κ3) is 4.11. The number of amides is 1. The number of ether oxygens (including phenoxy) is 2. The summed E-state index contributed by atoms with van der Waals surface area (Å²) < 4.78 is 11.8. The fourth-order valence-electron chi connectivity index (χ4n) is 2.95. The Morgan fingerprint density at radius 1 is 1.23 bits per heavy atom. The Hall–Kier alpha value is -2.67. The number of nitrogens with two attached hydrogens (primary N) is 1. The summed E-state index contributed by atoms with van der Waals surface area (Å²) in [6.07, 6.45) is 0.690. The van der Waals surface area contributed by atoms with Crippen LogP contribution in [0.2, 0.25) is 0 Å². The number of aryl methyl sites for hydroxylation is 2. The summed E-state index contributed by atoms with van der Waals surface area (Å²) in [6.45, 7) is 7.03. The average molecular weight is 356 g/mol. The van der Waals surface area contributed by atoms with E-state index in [0.29, 0.717) is 24.5 Å². The van der Waals surface area contributed by atoms with Gasteiger partial charge in [0.25, 0.3) is 0 Å². The van der Waals surface area contributed by atoms with Gasteiger partial charge in [-0.25, -0.2) is 9.97 Å². The van der Waals surface area contributed by atoms with Crippen molar-refractivity contribution in [1.29, 1.82) is 0 Å². The number of benzene rings is 1. The van der Waals surface area contributed by atoms with Crippen molar-refractivity contribution < 1.29 is 14.3 Å². The highest BCUT2D eigenvalue weighted by Gasteiger charge is 2.28. The molecule has 0 aliphatic carbocycles. The Morgan fingerprint density at radius 3 is 2.65 bits per heavy atom. The largest absolute Gasteiger partial charge is 0.488 e. The molecule has 0 bridgehead atoms. The Labute approximate surface area is 152 Å². The van der Waals surface area contributed by atoms with Crippen molar-refractivity contribution in [2.75, 3.05) is 18.5 Å². The van der Waals surface area contributed by atoms with Crippen molar-refractivity contribution in [3.63, 3.8) is 0 Å². The molecular formula is C19H24N4O3. The smallest absolute Gasteiger partial charge is 0.248 e. The van der Waals surface area contributed by atoms with Gasteiger partial charge in [-0.05, 0) is 45.0 Å². The van der Waals surface area contributed by atoms with Gasteiger partial charge in [-0.1, -0.05) is 0 Å². The molecule has 26 heavy (non-hydrogen) atoms. The van der Waals surface area contributed by atoms with E-state index in [1.165, 1.54) is 0 Å². The molecule has 0 unspecified atom stereocenters. The van der Waals surface area contributed by atoms with Crippen LogP contribution in [-0.2, 0) is 4.74 Å². The lowest BCUT2D eigenvalue weighted by atomic mass is 10.1. The molecule has 1 amide bonds. The molecule has 2 atom stereocenters. The normalized spacial score (nSPS) is 19.8. The van der Waals surface area contributed by atoms with E-state index in [1.54, 1.807) is 24.3 Å². The summed E-state index contributed by atoms with van der Waals surface area (Å²) in [5.41, 5.74) is 7.71. The molecule has 1 fully saturated rings. The first-order valence-corrected chi connectivity index (χ1v) is 8.66. The van der Waals surface area contributed by atoms with Crippen LogP contribution < -0.4 is 15.8 Å². The molecule has 7 nitrogen and oxygen atoms in total. The molecule has 1 saturated heterocycles. The minimum atomic E-state index is -0.452. The van der Waals surface area contributed by atoms with Crippen LogP contribution in [0.25, 0.3) is 0 Å². The van der Waals surface area contributed by atoms with Crippen LogP contribution in [-0.4, -0.2) is 41.2 Å². The van der Waals surface area contributed by atoms with Crippen molar-refractivity contribution in [2.45, 2.75) is 39.3 Å². The summed E-state index contributed by atoms with van der Waals surface area (Å²) in [4.78, 5) is 20.1. The van der Waals surface area contributed by atoms with Crippen molar-refractivity contribution in [3.8, 4) is 5.75 Å². The van der Waals surface area contributed by atoms with E-state index >= 15 is 0 Å². The number of hydrogen-bond donors (Lipinski definition) is 2. The number of anilines is 1. The average Bonchev–Trinajstić information content (AvgIpc) is 2.61. The monoisotopic (exact) mass is 356 g/mol. The number of nitrogens with one attached hydrogen (secondary N) is 1. The topological polar surface area (TPSA) is 99.4 Å². The van der Waals surface area contributed by atoms with Gasteiger partial charge in [0, 0.05) is 23.2 Å². The summed E-state index contributed by atoms with van der Waals surface area (Å²) in [7, 11) is 0. The van der Waals surface area contributed by atoms with Gasteiger partial charge >= 0.3 is 0 Å². The van der Waals surface area contributed by atoms with E-state index in [4.69, 9.17) is 15.2 Å². The number of hydrogen-bond acceptors (Lipinski definition) is 6. The van der Waals surface area contributed by atoms with Crippen molar-refractivity contribution >= 4 is 11.7 Å². The van der Waals surface area contributed by atoms with E-state index in [1.807, 2.05) is 20.8 Å². The molecule has 3 N–H and O–H groups in total. The Kier molecular flexibility index (Phi) is 5.37. The van der Waals surface area contributed by atoms with Gasteiger partial charge in [0.1, 0.15) is 23.5 Å². The molecule has 0 saturated carbocycles. The lowest BCUT2D eigenvalue weighted by molar-refractivity contribution is 0.0146. The van der Waals surface area contributed by atoms with Gasteiger partial charge in [0.2, 0.25) is 5.91 Å². The van der Waals surface area contributed by atoms with Crippen LogP contribution in [0.1, 0.15) is 33.9 Å². The molecule has 1 aliphatic heterocycles. The molecular weight excluding hydrogens is 332 g/mol. The lowest BCUT2D eigenvalue weighted by Gasteiger charge is -2.33. The maximum atomic E-state index is 11.2. The van der Waals surface area contributed by atoms with Gasteiger partial charge in [-0.15, -0.1) is 0 Å². The molecule has 1 aromatic carbocycles. The molecule has 1 aromatic heterocycles. The zero-order valence-corrected chi connectivity index (χ0v) is 15.3. The highest BCUT2D eigenvalue weighted by atomic mass is 16.5. The van der Waals surface area contributed by atoms with E-state index in [9.17, 15) is 4.79 Å². The third-order valence-electron chi connectivity index (χ3n) is 4.54. The van der Waals surface area contributed by atoms with Crippen molar-refractivity contribution in [1.82, 2.24) is 9.97 Å². The maximum absolute atomic E-state index is 11.2. The van der Waals surface area contributed by atoms with Crippen LogP contribution in [0.4, 0.5) is 5.82 Å². The number of carbonyl (C=O) groups excluding carboxylic acids is 1. The van der Waals surface area contributed by atoms with Crippen LogP contribution in [0.5, 0.6) is 5.75 Å². The summed E-state index contributed by atoms with van der Waals surface area (Å²) in [5.74, 6) is 1.78. The van der Waals surface area contributed by atoms with Gasteiger partial charge in [0.05, 0.1) is 19.3 Å². The van der Waals surface area contributed by atoms with Gasteiger partial charge in [-0.2, -0.15) is 0 Å². The Morgan fingerprint density at radius 2 is 1.96 bits per heavy atom. The van der Waals surface area contributed by atoms with Crippen molar-refractivity contribution in [2.24, 2.45) is 5.73 Å². The molecule has 2 aromatic rings. The molecule has 3 rings (SSSR count). The fraction of sp³-hybridized carbons (Fsp3) is 0.421. The highest BCUT2D eigenvalue weighted by molar-refractivity contribution is 5.92. The number of primary amides is 1. The number of nitrogens with zero attached hydrogens (tertiary/aromatic N) is 2. The second-order valence-electron chi connectivity index (χ2n) is 6.49. The zero-order valence-electron chi connectivity index (χ0n) is 15.3. The molecule has 0 spiro atoms. The minimum Gasteiger partial charge on any atom is -0.488 e. The van der Waals surface area contributed by atoms with E-state index in [0.717, 1.165) is 29.3 Å². The zero-order chi connectivity index (χ0) is 18.7. The van der Waals surface area contributed by atoms with Gasteiger partial charge < -0.3 is 20.5 Å². The van der Waals surface area contributed by atoms with Crippen molar-refractivity contribution in [3.05, 3.63) is 46.9 Å². The number of aromatic nitrogens is 2. The first-order valence-electron chi connectivity index (χ1n) is 8.66. The van der Waals surface area contributed by atoms with Gasteiger partial charge in [0.15, 0.2) is 0 Å². The Balaban J connectivity index is 1.75. The molecule has 138 valence electrons. The lowest BCUT2D eigenvalue weighted by Crippen LogP contribution is -2.46. The quantitative estimate of drug-likeness (QED) is 0.851. The molecule has 2 heterocycles. The highest BCUT2D eigenvalue weighted by Crippen LogP contribution is 2.23. The predicted octanol–water partition coefficient (Wildman–Crippen LogP) is 2.15. The summed E-state index contributed by atoms with van der Waals surface area (Å²) in [6, 6.07) is 6.82. The number of carbonyl (C=O) groups is 1.